The third-order valence-electron chi connectivity index (χ3n) is 4.33. The Morgan fingerprint density at radius 2 is 1.80 bits per heavy atom. The highest BCUT2D eigenvalue weighted by molar-refractivity contribution is 8.00. The van der Waals surface area contributed by atoms with Crippen molar-refractivity contribution in [2.45, 2.75) is 13.0 Å². The van der Waals surface area contributed by atoms with Crippen LogP contribution in [0.2, 0.25) is 10.0 Å². The SMILES string of the molecule is Cc1ccc(Cl)cc1N=Nc1c(O)n(C2CSC2)c2ccc(Cl)cc12. The zero-order valence-electron chi connectivity index (χ0n) is 13.4. The highest BCUT2D eigenvalue weighted by Gasteiger charge is 2.27. The molecule has 128 valence electrons. The molecule has 7 heteroatoms. The Morgan fingerprint density at radius 1 is 1.08 bits per heavy atom. The maximum Gasteiger partial charge on any atom is 0.221 e. The van der Waals surface area contributed by atoms with Crippen LogP contribution in [0.1, 0.15) is 11.6 Å². The van der Waals surface area contributed by atoms with Gasteiger partial charge < -0.3 is 9.67 Å². The summed E-state index contributed by atoms with van der Waals surface area (Å²) in [6, 6.07) is 11.3. The van der Waals surface area contributed by atoms with Gasteiger partial charge in [-0.15, -0.1) is 5.11 Å². The third-order valence-corrected chi connectivity index (χ3v) is 6.04. The monoisotopic (exact) mass is 391 g/mol. The molecule has 0 saturated carbocycles. The number of rotatable bonds is 3. The van der Waals surface area contributed by atoms with E-state index in [-0.39, 0.29) is 11.9 Å². The molecule has 1 N–H and O–H groups in total. The fraction of sp³-hybridized carbons (Fsp3) is 0.222. The van der Waals surface area contributed by atoms with Gasteiger partial charge in [0.05, 0.1) is 17.2 Å². The van der Waals surface area contributed by atoms with E-state index < -0.39 is 0 Å². The second-order valence-electron chi connectivity index (χ2n) is 6.03. The van der Waals surface area contributed by atoms with Crippen molar-refractivity contribution >= 4 is 57.2 Å². The van der Waals surface area contributed by atoms with E-state index >= 15 is 0 Å². The quantitative estimate of drug-likeness (QED) is 0.507. The van der Waals surface area contributed by atoms with Crippen LogP contribution in [0.25, 0.3) is 10.9 Å². The predicted molar refractivity (Wildman–Crippen MR) is 105 cm³/mol. The Kier molecular flexibility index (Phi) is 4.40. The van der Waals surface area contributed by atoms with Gasteiger partial charge >= 0.3 is 0 Å². The van der Waals surface area contributed by atoms with Gasteiger partial charge in [0.1, 0.15) is 0 Å². The van der Waals surface area contributed by atoms with Gasteiger partial charge in [0, 0.05) is 26.9 Å². The van der Waals surface area contributed by atoms with Crippen LogP contribution in [0, 0.1) is 6.92 Å². The lowest BCUT2D eigenvalue weighted by Gasteiger charge is -2.27. The minimum absolute atomic E-state index is 0.131. The molecule has 1 aliphatic heterocycles. The summed E-state index contributed by atoms with van der Waals surface area (Å²) < 4.78 is 1.93. The number of aromatic hydroxyl groups is 1. The van der Waals surface area contributed by atoms with Crippen molar-refractivity contribution in [1.29, 1.82) is 0 Å². The molecule has 1 aliphatic rings. The summed E-state index contributed by atoms with van der Waals surface area (Å²) in [6.07, 6.45) is 0. The predicted octanol–water partition coefficient (Wildman–Crippen LogP) is 6.67. The number of thioether (sulfide) groups is 1. The molecule has 0 radical (unpaired) electrons. The van der Waals surface area contributed by atoms with Crippen molar-refractivity contribution in [3.8, 4) is 5.88 Å². The van der Waals surface area contributed by atoms with E-state index in [2.05, 4.69) is 10.2 Å². The van der Waals surface area contributed by atoms with Crippen LogP contribution in [0.5, 0.6) is 5.88 Å². The van der Waals surface area contributed by atoms with Crippen molar-refractivity contribution in [3.63, 3.8) is 0 Å². The molecule has 4 rings (SSSR count). The average Bonchev–Trinajstić information content (AvgIpc) is 2.79. The first-order valence-corrected chi connectivity index (χ1v) is 9.73. The van der Waals surface area contributed by atoms with Crippen LogP contribution in [0.3, 0.4) is 0 Å². The zero-order valence-corrected chi connectivity index (χ0v) is 15.7. The summed E-state index contributed by atoms with van der Waals surface area (Å²) in [6.45, 7) is 1.94. The zero-order chi connectivity index (χ0) is 17.6. The molecule has 1 fully saturated rings. The molecule has 1 saturated heterocycles. The highest BCUT2D eigenvalue weighted by atomic mass is 35.5. The van der Waals surface area contributed by atoms with Crippen molar-refractivity contribution in [1.82, 2.24) is 4.57 Å². The number of fused-ring (bicyclic) bond motifs is 1. The number of aryl methyl sites for hydroxylation is 1. The van der Waals surface area contributed by atoms with Gasteiger partial charge in [-0.1, -0.05) is 29.3 Å². The van der Waals surface area contributed by atoms with Crippen molar-refractivity contribution in [2.24, 2.45) is 10.2 Å². The number of nitrogens with zero attached hydrogens (tertiary/aromatic N) is 3. The number of halogens is 2. The highest BCUT2D eigenvalue weighted by Crippen LogP contribution is 2.45. The van der Waals surface area contributed by atoms with Gasteiger partial charge in [-0.05, 0) is 42.8 Å². The molecule has 0 amide bonds. The van der Waals surface area contributed by atoms with Crippen LogP contribution in [0.15, 0.2) is 46.6 Å². The molecule has 2 heterocycles. The Hall–Kier alpha value is -1.69. The smallest absolute Gasteiger partial charge is 0.221 e. The van der Waals surface area contributed by atoms with Crippen LogP contribution in [0.4, 0.5) is 11.4 Å². The van der Waals surface area contributed by atoms with E-state index in [1.165, 1.54) is 0 Å². The fourth-order valence-corrected chi connectivity index (χ4v) is 3.97. The van der Waals surface area contributed by atoms with Crippen molar-refractivity contribution < 1.29 is 5.11 Å². The van der Waals surface area contributed by atoms with Gasteiger partial charge in [0.15, 0.2) is 5.69 Å². The normalized spacial score (nSPS) is 15.2. The molecule has 0 aliphatic carbocycles. The lowest BCUT2D eigenvalue weighted by atomic mass is 10.2. The maximum absolute atomic E-state index is 10.8. The van der Waals surface area contributed by atoms with Gasteiger partial charge in [0.25, 0.3) is 0 Å². The van der Waals surface area contributed by atoms with Gasteiger partial charge in [-0.2, -0.15) is 16.9 Å². The summed E-state index contributed by atoms with van der Waals surface area (Å²) in [5.74, 6) is 2.08. The van der Waals surface area contributed by atoms with Gasteiger partial charge in [-0.25, -0.2) is 0 Å². The van der Waals surface area contributed by atoms with Crippen LogP contribution < -0.4 is 0 Å². The molecule has 4 nitrogen and oxygen atoms in total. The number of azo groups is 1. The average molecular weight is 392 g/mol. The van der Waals surface area contributed by atoms with Crippen LogP contribution in [-0.4, -0.2) is 21.2 Å². The number of benzene rings is 2. The minimum Gasteiger partial charge on any atom is -0.493 e. The number of aromatic nitrogens is 1. The maximum atomic E-state index is 10.8. The lowest BCUT2D eigenvalue weighted by molar-refractivity contribution is 0.406. The standard InChI is InChI=1S/C18H15Cl2N3OS/c1-10-2-3-12(20)7-15(10)21-22-17-14-6-11(19)4-5-16(14)23(18(17)24)13-8-25-9-13/h2-7,13,24H,8-9H2,1H3. The third kappa shape index (κ3) is 3.01. The van der Waals surface area contributed by atoms with Gasteiger partial charge in [0.2, 0.25) is 5.88 Å². The van der Waals surface area contributed by atoms with E-state index in [1.807, 2.05) is 53.6 Å². The fourth-order valence-electron chi connectivity index (χ4n) is 2.89. The topological polar surface area (TPSA) is 49.9 Å². The number of hydrogen-bond donors (Lipinski definition) is 1. The summed E-state index contributed by atoms with van der Waals surface area (Å²) in [5, 5.41) is 21.4. The summed E-state index contributed by atoms with van der Waals surface area (Å²) in [4.78, 5) is 0. The first-order valence-electron chi connectivity index (χ1n) is 7.82. The molecule has 0 spiro atoms. The molecule has 25 heavy (non-hydrogen) atoms. The van der Waals surface area contributed by atoms with Crippen LogP contribution >= 0.6 is 35.0 Å². The van der Waals surface area contributed by atoms with E-state index in [4.69, 9.17) is 23.2 Å². The van der Waals surface area contributed by atoms with E-state index in [0.717, 1.165) is 28.0 Å². The number of hydrogen-bond acceptors (Lipinski definition) is 4. The first kappa shape index (κ1) is 16.8. The van der Waals surface area contributed by atoms with Crippen molar-refractivity contribution in [2.75, 3.05) is 11.5 Å². The minimum atomic E-state index is 0.131. The Labute approximate surface area is 159 Å². The van der Waals surface area contributed by atoms with Crippen molar-refractivity contribution in [3.05, 3.63) is 52.0 Å². The Morgan fingerprint density at radius 3 is 2.52 bits per heavy atom. The van der Waals surface area contributed by atoms with E-state index in [9.17, 15) is 5.11 Å². The van der Waals surface area contributed by atoms with E-state index in [0.29, 0.717) is 21.4 Å². The second kappa shape index (κ2) is 6.56. The molecule has 0 bridgehead atoms. The Bertz CT molecular complexity index is 996. The Balaban J connectivity index is 1.86. The molecule has 2 aromatic carbocycles. The lowest BCUT2D eigenvalue weighted by Crippen LogP contribution is -2.22. The van der Waals surface area contributed by atoms with E-state index in [1.54, 1.807) is 6.07 Å². The second-order valence-corrected chi connectivity index (χ2v) is 7.97. The molecule has 0 atom stereocenters. The molecule has 3 aromatic rings. The summed E-state index contributed by atoms with van der Waals surface area (Å²) in [7, 11) is 0. The summed E-state index contributed by atoms with van der Waals surface area (Å²) in [5.41, 5.74) is 3.00. The summed E-state index contributed by atoms with van der Waals surface area (Å²) >= 11 is 14.1. The van der Waals surface area contributed by atoms with Gasteiger partial charge in [-0.3, -0.25) is 0 Å². The molecule has 0 unspecified atom stereocenters. The molecular weight excluding hydrogens is 377 g/mol. The molecular formula is C18H15Cl2N3OS. The largest absolute Gasteiger partial charge is 0.493 e. The molecule has 1 aromatic heterocycles. The first-order chi connectivity index (χ1) is 12.0. The van der Waals surface area contributed by atoms with Crippen LogP contribution in [-0.2, 0) is 0 Å².